The number of benzene rings is 3. The van der Waals surface area contributed by atoms with Crippen LogP contribution in [0, 0.1) is 20.8 Å². The molecule has 3 rings (SSSR count). The van der Waals surface area contributed by atoms with Gasteiger partial charge in [-0.3, -0.25) is 9.10 Å². The van der Waals surface area contributed by atoms with Crippen molar-refractivity contribution < 1.29 is 13.2 Å². The van der Waals surface area contributed by atoms with E-state index in [0.29, 0.717) is 5.69 Å². The minimum Gasteiger partial charge on any atom is -0.324 e. The Kier molecular flexibility index (Phi) is 7.04. The largest absolute Gasteiger partial charge is 0.324 e. The second-order valence-electron chi connectivity index (χ2n) is 8.34. The summed E-state index contributed by atoms with van der Waals surface area (Å²) in [5.41, 5.74) is 5.16. The Morgan fingerprint density at radius 2 is 1.56 bits per heavy atom. The van der Waals surface area contributed by atoms with Crippen molar-refractivity contribution in [2.75, 3.05) is 16.2 Å². The zero-order valence-corrected chi connectivity index (χ0v) is 20.0. The van der Waals surface area contributed by atoms with E-state index in [2.05, 4.69) is 19.2 Å². The van der Waals surface area contributed by atoms with Crippen LogP contribution in [0.25, 0.3) is 0 Å². The van der Waals surface area contributed by atoms with Crippen LogP contribution in [0.1, 0.15) is 42.0 Å². The smallest absolute Gasteiger partial charge is 0.264 e. The Hall–Kier alpha value is -3.12. The van der Waals surface area contributed by atoms with Crippen molar-refractivity contribution in [3.8, 4) is 0 Å². The number of hydrogen-bond acceptors (Lipinski definition) is 3. The number of anilines is 2. The van der Waals surface area contributed by atoms with Crippen LogP contribution in [-0.2, 0) is 14.8 Å². The number of nitrogens with one attached hydrogen (secondary N) is 1. The van der Waals surface area contributed by atoms with Gasteiger partial charge < -0.3 is 5.32 Å². The van der Waals surface area contributed by atoms with Gasteiger partial charge in [0.15, 0.2) is 0 Å². The molecule has 0 bridgehead atoms. The molecular formula is C26H30N2O3S. The van der Waals surface area contributed by atoms with Gasteiger partial charge in [0.2, 0.25) is 5.91 Å². The summed E-state index contributed by atoms with van der Waals surface area (Å²) in [6, 6.07) is 19.5. The number of amides is 1. The molecule has 0 radical (unpaired) electrons. The monoisotopic (exact) mass is 450 g/mol. The minimum absolute atomic E-state index is 0.143. The summed E-state index contributed by atoms with van der Waals surface area (Å²) in [4.78, 5) is 13.3. The Morgan fingerprint density at radius 1 is 0.875 bits per heavy atom. The van der Waals surface area contributed by atoms with E-state index in [0.717, 1.165) is 27.9 Å². The molecule has 5 nitrogen and oxygen atoms in total. The summed E-state index contributed by atoms with van der Waals surface area (Å²) in [5, 5.41) is 2.96. The van der Waals surface area contributed by atoms with Crippen LogP contribution in [0.15, 0.2) is 71.6 Å². The lowest BCUT2D eigenvalue weighted by molar-refractivity contribution is -0.114. The first kappa shape index (κ1) is 23.5. The molecule has 3 aromatic rings. The van der Waals surface area contributed by atoms with Crippen LogP contribution in [0.5, 0.6) is 0 Å². The van der Waals surface area contributed by atoms with Crippen molar-refractivity contribution in [2.24, 2.45) is 0 Å². The number of rotatable bonds is 7. The second kappa shape index (κ2) is 9.57. The highest BCUT2D eigenvalue weighted by Gasteiger charge is 2.28. The van der Waals surface area contributed by atoms with E-state index in [9.17, 15) is 13.2 Å². The summed E-state index contributed by atoms with van der Waals surface area (Å²) in [6.07, 6.45) is 0. The number of hydrogen-bond donors (Lipinski definition) is 1. The van der Waals surface area contributed by atoms with Crippen LogP contribution >= 0.6 is 0 Å². The summed E-state index contributed by atoms with van der Waals surface area (Å²) in [5.74, 6) is -0.173. The Labute approximate surface area is 191 Å². The first-order chi connectivity index (χ1) is 15.1. The molecule has 0 heterocycles. The van der Waals surface area contributed by atoms with Crippen molar-refractivity contribution in [1.82, 2.24) is 0 Å². The molecule has 0 fully saturated rings. The third-order valence-electron chi connectivity index (χ3n) is 5.59. The van der Waals surface area contributed by atoms with Crippen molar-refractivity contribution in [3.63, 3.8) is 0 Å². The lowest BCUT2D eigenvalue weighted by Gasteiger charge is -2.25. The Morgan fingerprint density at radius 3 is 2.19 bits per heavy atom. The average Bonchev–Trinajstić information content (AvgIpc) is 2.76. The van der Waals surface area contributed by atoms with E-state index in [1.165, 1.54) is 4.31 Å². The SMILES string of the molecule is Cc1ccc(N(CC(=O)Nc2c(C)cccc2C(C)C)S(=O)(=O)c2ccccc2)cc1C. The van der Waals surface area contributed by atoms with Crippen molar-refractivity contribution in [3.05, 3.63) is 89.0 Å². The van der Waals surface area contributed by atoms with Crippen LogP contribution in [-0.4, -0.2) is 20.9 Å². The zero-order valence-electron chi connectivity index (χ0n) is 19.2. The van der Waals surface area contributed by atoms with E-state index >= 15 is 0 Å². The van der Waals surface area contributed by atoms with Gasteiger partial charge in [0.25, 0.3) is 10.0 Å². The molecule has 168 valence electrons. The Balaban J connectivity index is 2.00. The van der Waals surface area contributed by atoms with E-state index in [1.54, 1.807) is 42.5 Å². The second-order valence-corrected chi connectivity index (χ2v) is 10.2. The lowest BCUT2D eigenvalue weighted by atomic mass is 9.98. The van der Waals surface area contributed by atoms with Gasteiger partial charge >= 0.3 is 0 Å². The van der Waals surface area contributed by atoms with Crippen molar-refractivity contribution >= 4 is 27.3 Å². The van der Waals surface area contributed by atoms with E-state index in [1.807, 2.05) is 45.0 Å². The average molecular weight is 451 g/mol. The fraction of sp³-hybridized carbons (Fsp3) is 0.269. The number of aryl methyl sites for hydroxylation is 3. The summed E-state index contributed by atoms with van der Waals surface area (Å²) < 4.78 is 28.2. The molecule has 32 heavy (non-hydrogen) atoms. The van der Waals surface area contributed by atoms with Gasteiger partial charge in [0.05, 0.1) is 10.6 Å². The van der Waals surface area contributed by atoms with Crippen molar-refractivity contribution in [2.45, 2.75) is 45.4 Å². The van der Waals surface area contributed by atoms with Gasteiger partial charge in [0, 0.05) is 5.69 Å². The van der Waals surface area contributed by atoms with E-state index < -0.39 is 10.0 Å². The normalized spacial score (nSPS) is 11.4. The first-order valence-electron chi connectivity index (χ1n) is 10.7. The van der Waals surface area contributed by atoms with Gasteiger partial charge in [-0.15, -0.1) is 0 Å². The zero-order chi connectivity index (χ0) is 23.5. The third-order valence-corrected chi connectivity index (χ3v) is 7.38. The van der Waals surface area contributed by atoms with Crippen LogP contribution in [0.3, 0.4) is 0 Å². The van der Waals surface area contributed by atoms with Gasteiger partial charge in [0.1, 0.15) is 6.54 Å². The fourth-order valence-electron chi connectivity index (χ4n) is 3.57. The first-order valence-corrected chi connectivity index (χ1v) is 12.1. The summed E-state index contributed by atoms with van der Waals surface area (Å²) in [6.45, 7) is 9.62. The molecular weight excluding hydrogens is 420 g/mol. The molecule has 0 aliphatic carbocycles. The highest BCUT2D eigenvalue weighted by molar-refractivity contribution is 7.92. The topological polar surface area (TPSA) is 66.5 Å². The van der Waals surface area contributed by atoms with Crippen LogP contribution in [0.4, 0.5) is 11.4 Å². The molecule has 1 N–H and O–H groups in total. The molecule has 0 saturated heterocycles. The molecule has 0 unspecified atom stereocenters. The van der Waals surface area contributed by atoms with Crippen molar-refractivity contribution in [1.29, 1.82) is 0 Å². The predicted octanol–water partition coefficient (Wildman–Crippen LogP) is 5.57. The third kappa shape index (κ3) is 5.02. The number of para-hydroxylation sites is 1. The molecule has 0 spiro atoms. The molecule has 0 atom stereocenters. The number of carbonyl (C=O) groups is 1. The quantitative estimate of drug-likeness (QED) is 0.512. The molecule has 0 aliphatic rings. The summed E-state index contributed by atoms with van der Waals surface area (Å²) in [7, 11) is -3.94. The van der Waals surface area contributed by atoms with Gasteiger partial charge in [-0.05, 0) is 73.2 Å². The minimum atomic E-state index is -3.94. The molecule has 0 saturated carbocycles. The van der Waals surface area contributed by atoms with Crippen LogP contribution in [0.2, 0.25) is 0 Å². The highest BCUT2D eigenvalue weighted by atomic mass is 32.2. The van der Waals surface area contributed by atoms with E-state index in [4.69, 9.17) is 0 Å². The maximum Gasteiger partial charge on any atom is 0.264 e. The molecule has 6 heteroatoms. The number of carbonyl (C=O) groups excluding carboxylic acids is 1. The van der Waals surface area contributed by atoms with Crippen LogP contribution < -0.4 is 9.62 Å². The van der Waals surface area contributed by atoms with Gasteiger partial charge in [-0.1, -0.05) is 56.3 Å². The molecule has 1 amide bonds. The molecule has 3 aromatic carbocycles. The maximum absolute atomic E-state index is 13.5. The maximum atomic E-state index is 13.5. The molecule has 0 aliphatic heterocycles. The molecule has 0 aromatic heterocycles. The fourth-order valence-corrected chi connectivity index (χ4v) is 5.00. The Bertz CT molecular complexity index is 1220. The predicted molar refractivity (Wildman–Crippen MR) is 131 cm³/mol. The number of nitrogens with zero attached hydrogens (tertiary/aromatic N) is 1. The number of sulfonamides is 1. The lowest BCUT2D eigenvalue weighted by Crippen LogP contribution is -2.38. The standard InChI is InChI=1S/C26H30N2O3S/c1-18(2)24-13-9-10-20(4)26(24)27-25(29)17-28(22-15-14-19(3)21(5)16-22)32(30,31)23-11-7-6-8-12-23/h6-16,18H,17H2,1-5H3,(H,27,29). The van der Waals surface area contributed by atoms with Gasteiger partial charge in [-0.25, -0.2) is 8.42 Å². The summed E-state index contributed by atoms with van der Waals surface area (Å²) >= 11 is 0. The van der Waals surface area contributed by atoms with E-state index in [-0.39, 0.29) is 23.3 Å². The highest BCUT2D eigenvalue weighted by Crippen LogP contribution is 2.29. The van der Waals surface area contributed by atoms with Gasteiger partial charge in [-0.2, -0.15) is 0 Å².